The molecule has 0 atom stereocenters. The number of hydrogen-bond donors (Lipinski definition) is 1. The molecule has 4 nitrogen and oxygen atoms in total. The van der Waals surface area contributed by atoms with Gasteiger partial charge in [0, 0.05) is 11.5 Å². The van der Waals surface area contributed by atoms with E-state index in [9.17, 15) is 9.59 Å². The fourth-order valence-electron chi connectivity index (χ4n) is 1.70. The Balaban J connectivity index is 2.64. The van der Waals surface area contributed by atoms with Gasteiger partial charge in [-0.3, -0.25) is 0 Å². The van der Waals surface area contributed by atoms with Crippen molar-refractivity contribution in [2.24, 2.45) is 0 Å². The minimum atomic E-state index is -1.02. The monoisotopic (exact) mass is 242 g/mol. The molecule has 2 aromatic rings. The smallest absolute Gasteiger partial charge is 0.336 e. The molecule has 0 heterocycles. The number of esters is 1. The molecule has 0 bridgehead atoms. The molecule has 0 aliphatic rings. The fraction of sp³-hybridized carbons (Fsp3) is 0. The second-order valence-corrected chi connectivity index (χ2v) is 3.59. The first-order valence-electron chi connectivity index (χ1n) is 5.23. The maximum Gasteiger partial charge on any atom is 0.336 e. The third-order valence-electron chi connectivity index (χ3n) is 2.49. The number of hydrogen-bond acceptors (Lipinski definition) is 3. The number of carboxylic acids is 1. The second-order valence-electron chi connectivity index (χ2n) is 3.59. The summed E-state index contributed by atoms with van der Waals surface area (Å²) >= 11 is 0. The van der Waals surface area contributed by atoms with E-state index in [1.165, 1.54) is 12.1 Å². The predicted octanol–water partition coefficient (Wildman–Crippen LogP) is 2.63. The van der Waals surface area contributed by atoms with E-state index in [2.05, 4.69) is 6.58 Å². The van der Waals surface area contributed by atoms with Crippen LogP contribution in [0, 0.1) is 0 Å². The fourth-order valence-corrected chi connectivity index (χ4v) is 1.70. The normalized spacial score (nSPS) is 10.0. The van der Waals surface area contributed by atoms with Crippen molar-refractivity contribution in [2.45, 2.75) is 0 Å². The number of carbonyl (C=O) groups excluding carboxylic acids is 1. The lowest BCUT2D eigenvalue weighted by atomic mass is 10.0. The molecule has 0 radical (unpaired) electrons. The Morgan fingerprint density at radius 3 is 2.39 bits per heavy atom. The lowest BCUT2D eigenvalue weighted by Gasteiger charge is -2.08. The zero-order chi connectivity index (χ0) is 13.1. The maximum atomic E-state index is 11.2. The largest absolute Gasteiger partial charge is 0.478 e. The molecule has 2 aromatic carbocycles. The average molecular weight is 242 g/mol. The van der Waals surface area contributed by atoms with Crippen LogP contribution in [0.25, 0.3) is 10.8 Å². The van der Waals surface area contributed by atoms with Crippen LogP contribution in [0.1, 0.15) is 10.4 Å². The Morgan fingerprint density at radius 1 is 1.11 bits per heavy atom. The van der Waals surface area contributed by atoms with Crippen LogP contribution in [0.15, 0.2) is 49.1 Å². The van der Waals surface area contributed by atoms with Crippen LogP contribution in [-0.4, -0.2) is 17.0 Å². The van der Waals surface area contributed by atoms with Crippen LogP contribution in [0.4, 0.5) is 0 Å². The van der Waals surface area contributed by atoms with E-state index in [0.29, 0.717) is 16.5 Å². The lowest BCUT2D eigenvalue weighted by molar-refractivity contribution is -0.128. The molecule has 4 heteroatoms. The number of carbonyl (C=O) groups is 2. The topological polar surface area (TPSA) is 63.6 Å². The van der Waals surface area contributed by atoms with Gasteiger partial charge in [-0.25, -0.2) is 9.59 Å². The molecule has 0 saturated carbocycles. The van der Waals surface area contributed by atoms with Gasteiger partial charge in [-0.1, -0.05) is 30.8 Å². The Labute approximate surface area is 103 Å². The van der Waals surface area contributed by atoms with Crippen molar-refractivity contribution in [2.75, 3.05) is 0 Å². The third-order valence-corrected chi connectivity index (χ3v) is 2.49. The predicted molar refractivity (Wildman–Crippen MR) is 66.7 cm³/mol. The number of carboxylic acid groups (broad SMARTS) is 1. The van der Waals surface area contributed by atoms with Gasteiger partial charge in [-0.2, -0.15) is 0 Å². The van der Waals surface area contributed by atoms with Gasteiger partial charge in [0.05, 0.1) is 5.56 Å². The summed E-state index contributed by atoms with van der Waals surface area (Å²) in [4.78, 5) is 22.3. The summed E-state index contributed by atoms with van der Waals surface area (Å²) in [5.41, 5.74) is 0.170. The van der Waals surface area contributed by atoms with Crippen molar-refractivity contribution in [1.82, 2.24) is 0 Å². The van der Waals surface area contributed by atoms with Crippen molar-refractivity contribution < 1.29 is 19.4 Å². The lowest BCUT2D eigenvalue weighted by Crippen LogP contribution is -2.05. The Bertz CT molecular complexity index is 643. The van der Waals surface area contributed by atoms with Crippen LogP contribution >= 0.6 is 0 Å². The zero-order valence-electron chi connectivity index (χ0n) is 9.42. The van der Waals surface area contributed by atoms with E-state index < -0.39 is 11.9 Å². The Hall–Kier alpha value is -2.62. The molecule has 0 spiro atoms. The van der Waals surface area contributed by atoms with Gasteiger partial charge in [-0.15, -0.1) is 0 Å². The summed E-state index contributed by atoms with van der Waals surface area (Å²) in [5, 5.41) is 10.2. The van der Waals surface area contributed by atoms with E-state index in [-0.39, 0.29) is 5.56 Å². The molecule has 0 aromatic heterocycles. The van der Waals surface area contributed by atoms with Crippen molar-refractivity contribution in [3.8, 4) is 5.75 Å². The summed E-state index contributed by atoms with van der Waals surface area (Å²) in [6.07, 6.45) is 1.06. The molecule has 90 valence electrons. The minimum Gasteiger partial charge on any atom is -0.478 e. The quantitative estimate of drug-likeness (QED) is 0.510. The Kier molecular flexibility index (Phi) is 3.10. The summed E-state index contributed by atoms with van der Waals surface area (Å²) < 4.78 is 5.06. The molecule has 0 aliphatic heterocycles. The van der Waals surface area contributed by atoms with E-state index in [1.54, 1.807) is 24.3 Å². The SMILES string of the molecule is C=CC(=O)Oc1ccc(C(=O)O)c2ccccc12. The highest BCUT2D eigenvalue weighted by Gasteiger charge is 2.12. The summed E-state index contributed by atoms with van der Waals surface area (Å²) in [6, 6.07) is 9.73. The first-order valence-corrected chi connectivity index (χ1v) is 5.23. The molecule has 0 aliphatic carbocycles. The number of benzene rings is 2. The number of rotatable bonds is 3. The van der Waals surface area contributed by atoms with E-state index >= 15 is 0 Å². The van der Waals surface area contributed by atoms with E-state index in [1.807, 2.05) is 0 Å². The molecule has 2 rings (SSSR count). The Morgan fingerprint density at radius 2 is 1.78 bits per heavy atom. The van der Waals surface area contributed by atoms with Gasteiger partial charge in [0.2, 0.25) is 0 Å². The minimum absolute atomic E-state index is 0.170. The molecular weight excluding hydrogens is 232 g/mol. The van der Waals surface area contributed by atoms with Crippen LogP contribution in [-0.2, 0) is 4.79 Å². The highest BCUT2D eigenvalue weighted by molar-refractivity contribution is 6.06. The van der Waals surface area contributed by atoms with Crippen LogP contribution in [0.5, 0.6) is 5.75 Å². The highest BCUT2D eigenvalue weighted by atomic mass is 16.5. The summed E-state index contributed by atoms with van der Waals surface area (Å²) in [7, 11) is 0. The second kappa shape index (κ2) is 4.71. The molecule has 0 amide bonds. The van der Waals surface area contributed by atoms with Gasteiger partial charge in [-0.05, 0) is 17.5 Å². The van der Waals surface area contributed by atoms with Crippen LogP contribution < -0.4 is 4.74 Å². The number of ether oxygens (including phenoxy) is 1. The van der Waals surface area contributed by atoms with Crippen molar-refractivity contribution in [1.29, 1.82) is 0 Å². The molecular formula is C14H10O4. The van der Waals surface area contributed by atoms with Crippen LogP contribution in [0.3, 0.4) is 0 Å². The van der Waals surface area contributed by atoms with E-state index in [0.717, 1.165) is 6.08 Å². The first-order chi connectivity index (χ1) is 8.63. The van der Waals surface area contributed by atoms with Gasteiger partial charge >= 0.3 is 11.9 Å². The van der Waals surface area contributed by atoms with Crippen molar-refractivity contribution >= 4 is 22.7 Å². The number of aromatic carboxylic acids is 1. The summed E-state index contributed by atoms with van der Waals surface area (Å²) in [5.74, 6) is -1.28. The molecule has 0 saturated heterocycles. The van der Waals surface area contributed by atoms with Gasteiger partial charge < -0.3 is 9.84 Å². The number of fused-ring (bicyclic) bond motifs is 1. The maximum absolute atomic E-state index is 11.2. The van der Waals surface area contributed by atoms with Crippen molar-refractivity contribution in [3.63, 3.8) is 0 Å². The highest BCUT2D eigenvalue weighted by Crippen LogP contribution is 2.28. The van der Waals surface area contributed by atoms with E-state index in [4.69, 9.17) is 9.84 Å². The van der Waals surface area contributed by atoms with Gasteiger partial charge in [0.25, 0.3) is 0 Å². The summed E-state index contributed by atoms with van der Waals surface area (Å²) in [6.45, 7) is 3.31. The van der Waals surface area contributed by atoms with Gasteiger partial charge in [0.1, 0.15) is 5.75 Å². The zero-order valence-corrected chi connectivity index (χ0v) is 9.42. The standard InChI is InChI=1S/C14H10O4/c1-2-13(15)18-12-8-7-11(14(16)17)9-5-3-4-6-10(9)12/h2-8H,1H2,(H,16,17). The molecule has 18 heavy (non-hydrogen) atoms. The molecule has 1 N–H and O–H groups in total. The molecule has 0 unspecified atom stereocenters. The van der Waals surface area contributed by atoms with Crippen molar-refractivity contribution in [3.05, 3.63) is 54.6 Å². The average Bonchev–Trinajstić information content (AvgIpc) is 2.38. The first kappa shape index (κ1) is 11.9. The third kappa shape index (κ3) is 2.08. The molecule has 0 fully saturated rings. The van der Waals surface area contributed by atoms with Crippen LogP contribution in [0.2, 0.25) is 0 Å². The van der Waals surface area contributed by atoms with Gasteiger partial charge in [0.15, 0.2) is 0 Å².